The Morgan fingerprint density at radius 3 is 2.61 bits per heavy atom. The van der Waals surface area contributed by atoms with Crippen LogP contribution in [0.2, 0.25) is 0 Å². The Balaban J connectivity index is 1.60. The van der Waals surface area contributed by atoms with E-state index in [1.807, 2.05) is 41.4 Å². The Labute approximate surface area is 167 Å². The lowest BCUT2D eigenvalue weighted by Gasteiger charge is -2.51. The van der Waals surface area contributed by atoms with Crippen LogP contribution < -0.4 is 4.90 Å². The lowest BCUT2D eigenvalue weighted by atomic mass is 9.76. The summed E-state index contributed by atoms with van der Waals surface area (Å²) >= 11 is 1.57. The lowest BCUT2D eigenvalue weighted by Crippen LogP contribution is -2.63. The van der Waals surface area contributed by atoms with Gasteiger partial charge in [-0.1, -0.05) is 43.3 Å². The molecule has 142 valence electrons. The number of thiazole rings is 1. The first-order chi connectivity index (χ1) is 13.7. The third-order valence-electron chi connectivity index (χ3n) is 5.30. The minimum Gasteiger partial charge on any atom is -0.394 e. The number of hydrogen-bond donors (Lipinski definition) is 1. The third-order valence-corrected chi connectivity index (χ3v) is 6.45. The van der Waals surface area contributed by atoms with Crippen molar-refractivity contribution in [2.75, 3.05) is 11.5 Å². The van der Waals surface area contributed by atoms with E-state index in [1.165, 1.54) is 12.1 Å². The smallest absolute Gasteiger partial charge is 0.186 e. The maximum absolute atomic E-state index is 13.5. The maximum Gasteiger partial charge on any atom is 0.186 e. The largest absolute Gasteiger partial charge is 0.394 e. The van der Waals surface area contributed by atoms with Crippen LogP contribution in [0.3, 0.4) is 0 Å². The molecule has 3 atom stereocenters. The third kappa shape index (κ3) is 3.17. The number of anilines is 1. The average Bonchev–Trinajstić information content (AvgIpc) is 3.17. The van der Waals surface area contributed by atoms with Crippen LogP contribution in [0.1, 0.15) is 23.3 Å². The number of hydrogen-bond acceptors (Lipinski definition) is 5. The molecular formula is C22H20FN3OS. The molecule has 2 aromatic carbocycles. The fourth-order valence-corrected chi connectivity index (χ4v) is 4.76. The van der Waals surface area contributed by atoms with Crippen molar-refractivity contribution in [1.29, 1.82) is 5.26 Å². The van der Waals surface area contributed by atoms with Gasteiger partial charge in [-0.15, -0.1) is 11.3 Å². The monoisotopic (exact) mass is 393 g/mol. The topological polar surface area (TPSA) is 60.2 Å². The second kappa shape index (κ2) is 7.70. The quantitative estimate of drug-likeness (QED) is 0.699. The zero-order valence-electron chi connectivity index (χ0n) is 15.4. The summed E-state index contributed by atoms with van der Waals surface area (Å²) < 4.78 is 13.5. The number of halogens is 1. The molecule has 1 saturated heterocycles. The molecule has 1 aliphatic rings. The molecule has 1 aliphatic heterocycles. The van der Waals surface area contributed by atoms with Crippen molar-refractivity contribution in [3.8, 4) is 17.2 Å². The fourth-order valence-electron chi connectivity index (χ4n) is 3.82. The van der Waals surface area contributed by atoms with Gasteiger partial charge in [0.25, 0.3) is 0 Å². The van der Waals surface area contributed by atoms with Crippen LogP contribution in [0.5, 0.6) is 0 Å². The van der Waals surface area contributed by atoms with E-state index in [4.69, 9.17) is 0 Å². The number of aryl methyl sites for hydroxylation is 1. The highest BCUT2D eigenvalue weighted by atomic mass is 32.1. The molecule has 4 nitrogen and oxygen atoms in total. The van der Waals surface area contributed by atoms with Gasteiger partial charge in [0.05, 0.1) is 18.7 Å². The molecule has 0 spiro atoms. The Bertz CT molecular complexity index is 1010. The zero-order valence-corrected chi connectivity index (χ0v) is 16.2. The second-order valence-electron chi connectivity index (χ2n) is 6.85. The number of aliphatic hydroxyl groups excluding tert-OH is 1. The molecule has 2 heterocycles. The van der Waals surface area contributed by atoms with E-state index < -0.39 is 0 Å². The van der Waals surface area contributed by atoms with Gasteiger partial charge < -0.3 is 10.0 Å². The van der Waals surface area contributed by atoms with Gasteiger partial charge in [-0.2, -0.15) is 5.26 Å². The van der Waals surface area contributed by atoms with Crippen LogP contribution in [-0.4, -0.2) is 28.8 Å². The molecule has 0 aliphatic carbocycles. The fraction of sp³-hybridized carbons (Fsp3) is 0.273. The molecule has 0 unspecified atom stereocenters. The van der Waals surface area contributed by atoms with E-state index in [-0.39, 0.29) is 30.4 Å². The first kappa shape index (κ1) is 18.6. The Morgan fingerprint density at radius 1 is 1.21 bits per heavy atom. The van der Waals surface area contributed by atoms with E-state index in [0.29, 0.717) is 0 Å². The lowest BCUT2D eigenvalue weighted by molar-refractivity contribution is 0.187. The molecule has 1 N–H and O–H groups in total. The second-order valence-corrected chi connectivity index (χ2v) is 7.95. The van der Waals surface area contributed by atoms with Crippen molar-refractivity contribution in [3.05, 3.63) is 71.0 Å². The molecule has 3 aromatic rings. The van der Waals surface area contributed by atoms with Crippen molar-refractivity contribution in [2.24, 2.45) is 0 Å². The minimum absolute atomic E-state index is 0.0461. The van der Waals surface area contributed by atoms with Crippen LogP contribution in [0, 0.1) is 17.1 Å². The molecular weight excluding hydrogens is 373 g/mol. The van der Waals surface area contributed by atoms with Gasteiger partial charge in [0, 0.05) is 17.0 Å². The predicted octanol–water partition coefficient (Wildman–Crippen LogP) is 4.37. The summed E-state index contributed by atoms with van der Waals surface area (Å²) in [6.45, 7) is 2.02. The van der Waals surface area contributed by atoms with Crippen LogP contribution >= 0.6 is 11.3 Å². The van der Waals surface area contributed by atoms with Gasteiger partial charge in [0.1, 0.15) is 11.9 Å². The maximum atomic E-state index is 13.5. The minimum atomic E-state index is -0.368. The zero-order chi connectivity index (χ0) is 19.7. The highest BCUT2D eigenvalue weighted by Gasteiger charge is 2.50. The molecule has 0 radical (unpaired) electrons. The summed E-state index contributed by atoms with van der Waals surface area (Å²) in [4.78, 5) is 7.53. The number of nitriles is 1. The summed E-state index contributed by atoms with van der Waals surface area (Å²) in [5.41, 5.74) is 2.72. The van der Waals surface area contributed by atoms with Crippen molar-refractivity contribution in [3.63, 3.8) is 0 Å². The van der Waals surface area contributed by atoms with Gasteiger partial charge in [-0.3, -0.25) is 0 Å². The van der Waals surface area contributed by atoms with Crippen molar-refractivity contribution in [2.45, 2.75) is 31.3 Å². The highest BCUT2D eigenvalue weighted by molar-refractivity contribution is 7.15. The Morgan fingerprint density at radius 2 is 2.00 bits per heavy atom. The molecule has 0 amide bonds. The first-order valence-electron chi connectivity index (χ1n) is 9.25. The number of aliphatic hydroxyl groups is 1. The highest BCUT2D eigenvalue weighted by Crippen LogP contribution is 2.44. The van der Waals surface area contributed by atoms with Crippen LogP contribution in [0.15, 0.2) is 54.7 Å². The summed E-state index contributed by atoms with van der Waals surface area (Å²) in [6.07, 6.45) is 2.74. The van der Waals surface area contributed by atoms with Gasteiger partial charge in [-0.05, 0) is 35.2 Å². The average molecular weight is 393 g/mol. The normalized spacial score (nSPS) is 21.2. The van der Waals surface area contributed by atoms with E-state index in [2.05, 4.69) is 18.0 Å². The van der Waals surface area contributed by atoms with Crippen molar-refractivity contribution >= 4 is 16.5 Å². The first-order valence-corrected chi connectivity index (χ1v) is 10.1. The number of benzene rings is 2. The summed E-state index contributed by atoms with van der Waals surface area (Å²) in [5, 5.41) is 20.5. The van der Waals surface area contributed by atoms with Gasteiger partial charge in [0.15, 0.2) is 5.13 Å². The molecule has 4 rings (SSSR count). The number of nitrogens with zero attached hydrogens (tertiary/aromatic N) is 3. The summed E-state index contributed by atoms with van der Waals surface area (Å²) in [5.74, 6) is -0.360. The SMILES string of the molecule is CCc1cnc(N2[C@@H](C#N)[C@H](c3ccc(-c4cccc(F)c4)cc3)[C@@H]2CO)s1. The van der Waals surface area contributed by atoms with E-state index >= 15 is 0 Å². The molecule has 28 heavy (non-hydrogen) atoms. The van der Waals surface area contributed by atoms with Crippen LogP contribution in [0.4, 0.5) is 9.52 Å². The van der Waals surface area contributed by atoms with Crippen molar-refractivity contribution < 1.29 is 9.50 Å². The van der Waals surface area contributed by atoms with Gasteiger partial charge >= 0.3 is 0 Å². The van der Waals surface area contributed by atoms with Crippen LogP contribution in [-0.2, 0) is 6.42 Å². The van der Waals surface area contributed by atoms with Crippen molar-refractivity contribution in [1.82, 2.24) is 4.98 Å². The predicted molar refractivity (Wildman–Crippen MR) is 109 cm³/mol. The summed E-state index contributed by atoms with van der Waals surface area (Å²) in [7, 11) is 0. The Hall–Kier alpha value is -2.75. The Kier molecular flexibility index (Phi) is 5.12. The molecule has 0 bridgehead atoms. The molecule has 1 aromatic heterocycles. The molecule has 0 saturated carbocycles. The van der Waals surface area contributed by atoms with E-state index in [9.17, 15) is 14.8 Å². The van der Waals surface area contributed by atoms with E-state index in [0.717, 1.165) is 33.1 Å². The number of aromatic nitrogens is 1. The molecule has 1 fully saturated rings. The van der Waals surface area contributed by atoms with E-state index in [1.54, 1.807) is 17.4 Å². The van der Waals surface area contributed by atoms with Crippen LogP contribution in [0.25, 0.3) is 11.1 Å². The summed E-state index contributed by atoms with van der Waals surface area (Å²) in [6, 6.07) is 16.1. The molecule has 6 heteroatoms. The van der Waals surface area contributed by atoms with Gasteiger partial charge in [-0.25, -0.2) is 9.37 Å². The van der Waals surface area contributed by atoms with Gasteiger partial charge in [0.2, 0.25) is 0 Å². The number of rotatable bonds is 5. The standard InChI is InChI=1S/C22H20FN3OS/c1-2-18-12-25-22(28-18)26-19(11-24)21(20(26)13-27)15-8-6-14(7-9-15)16-4-3-5-17(23)10-16/h3-10,12,19-21,27H,2,13H2,1H3/t19-,20-,21-/m0/s1.